The minimum atomic E-state index is -0.0786. The van der Waals surface area contributed by atoms with Crippen molar-refractivity contribution < 1.29 is 14.9 Å². The van der Waals surface area contributed by atoms with Crippen molar-refractivity contribution in [2.24, 2.45) is 0 Å². The molecule has 17 heavy (non-hydrogen) atoms. The smallest absolute Gasteiger partial charge is 0.0702 e. The molecule has 0 aliphatic heterocycles. The Morgan fingerprint density at radius 2 is 2.06 bits per heavy atom. The van der Waals surface area contributed by atoms with E-state index in [1.807, 2.05) is 11.0 Å². The highest BCUT2D eigenvalue weighted by molar-refractivity contribution is 6.30. The van der Waals surface area contributed by atoms with Crippen LogP contribution in [-0.4, -0.2) is 43.6 Å². The topological polar surface area (TPSA) is 52.9 Å². The van der Waals surface area contributed by atoms with Crippen molar-refractivity contribution in [3.63, 3.8) is 0 Å². The van der Waals surface area contributed by atoms with Gasteiger partial charge in [-0.05, 0) is 18.2 Å². The molecule has 1 rings (SSSR count). The summed E-state index contributed by atoms with van der Waals surface area (Å²) in [6.45, 7) is 1.69. The monoisotopic (exact) mass is 259 g/mol. The molecule has 0 amide bonds. The fourth-order valence-electron chi connectivity index (χ4n) is 1.66. The molecule has 0 saturated heterocycles. The molecule has 0 radical (unpaired) electrons. The van der Waals surface area contributed by atoms with Gasteiger partial charge in [-0.2, -0.15) is 0 Å². The van der Waals surface area contributed by atoms with Crippen molar-refractivity contribution >= 4 is 17.3 Å². The number of hydrogen-bond donors (Lipinski definition) is 2. The summed E-state index contributed by atoms with van der Waals surface area (Å²) in [5.74, 6) is 0. The number of aliphatic hydroxyl groups excluding tert-OH is 2. The number of nitrogens with zero attached hydrogens (tertiary/aromatic N) is 1. The SMILES string of the molecule is COCCN(CCO)c1ccc(Cl)cc1CO. The molecule has 0 atom stereocenters. The molecule has 0 bridgehead atoms. The van der Waals surface area contributed by atoms with Crippen LogP contribution in [0.1, 0.15) is 5.56 Å². The van der Waals surface area contributed by atoms with Gasteiger partial charge in [0, 0.05) is 36.5 Å². The van der Waals surface area contributed by atoms with E-state index in [1.165, 1.54) is 0 Å². The minimum absolute atomic E-state index is 0.0528. The molecule has 0 fully saturated rings. The Morgan fingerprint density at radius 3 is 2.65 bits per heavy atom. The summed E-state index contributed by atoms with van der Waals surface area (Å²) in [5.41, 5.74) is 1.63. The maximum absolute atomic E-state index is 9.31. The van der Waals surface area contributed by atoms with Gasteiger partial charge in [0.05, 0.1) is 19.8 Å². The fraction of sp³-hybridized carbons (Fsp3) is 0.500. The molecular formula is C12H18ClNO3. The highest BCUT2D eigenvalue weighted by Gasteiger charge is 2.10. The van der Waals surface area contributed by atoms with Crippen LogP contribution in [0.15, 0.2) is 18.2 Å². The molecule has 0 spiro atoms. The molecule has 5 heteroatoms. The van der Waals surface area contributed by atoms with Crippen molar-refractivity contribution in [3.05, 3.63) is 28.8 Å². The van der Waals surface area contributed by atoms with Gasteiger partial charge in [-0.15, -0.1) is 0 Å². The van der Waals surface area contributed by atoms with Gasteiger partial charge in [-0.25, -0.2) is 0 Å². The molecule has 0 unspecified atom stereocenters. The zero-order valence-corrected chi connectivity index (χ0v) is 10.7. The predicted molar refractivity (Wildman–Crippen MR) is 68.5 cm³/mol. The lowest BCUT2D eigenvalue weighted by Crippen LogP contribution is -2.31. The first-order valence-electron chi connectivity index (χ1n) is 5.47. The highest BCUT2D eigenvalue weighted by atomic mass is 35.5. The largest absolute Gasteiger partial charge is 0.395 e. The molecule has 1 aromatic carbocycles. The summed E-state index contributed by atoms with van der Waals surface area (Å²) in [7, 11) is 1.63. The third-order valence-corrected chi connectivity index (χ3v) is 2.72. The number of rotatable bonds is 7. The minimum Gasteiger partial charge on any atom is -0.395 e. The standard InChI is InChI=1S/C12H18ClNO3/c1-17-7-5-14(4-6-15)12-3-2-11(13)8-10(12)9-16/h2-3,8,15-16H,4-7,9H2,1H3. The molecule has 0 aromatic heterocycles. The van der Waals surface area contributed by atoms with Crippen LogP contribution in [0.4, 0.5) is 5.69 Å². The van der Waals surface area contributed by atoms with Crippen LogP contribution in [0, 0.1) is 0 Å². The number of benzene rings is 1. The number of methoxy groups -OCH3 is 1. The summed E-state index contributed by atoms with van der Waals surface area (Å²) in [6.07, 6.45) is 0. The number of ether oxygens (including phenoxy) is 1. The predicted octanol–water partition coefficient (Wildman–Crippen LogP) is 1.28. The Kier molecular flexibility index (Phi) is 6.29. The molecule has 1 aromatic rings. The van der Waals surface area contributed by atoms with Gasteiger partial charge in [-0.3, -0.25) is 0 Å². The second-order valence-corrected chi connectivity index (χ2v) is 4.07. The number of anilines is 1. The Labute approximate surface area is 106 Å². The van der Waals surface area contributed by atoms with Crippen LogP contribution in [0.5, 0.6) is 0 Å². The molecular weight excluding hydrogens is 242 g/mol. The molecule has 2 N–H and O–H groups in total. The summed E-state index contributed by atoms with van der Waals surface area (Å²) in [6, 6.07) is 5.35. The second kappa shape index (κ2) is 7.50. The fourth-order valence-corrected chi connectivity index (χ4v) is 1.86. The molecule has 0 heterocycles. The van der Waals surface area contributed by atoms with Crippen LogP contribution in [0.3, 0.4) is 0 Å². The normalized spacial score (nSPS) is 10.6. The van der Waals surface area contributed by atoms with Crippen molar-refractivity contribution in [2.75, 3.05) is 38.3 Å². The van der Waals surface area contributed by atoms with Crippen LogP contribution in [0.2, 0.25) is 5.02 Å². The van der Waals surface area contributed by atoms with Crippen LogP contribution < -0.4 is 4.90 Å². The second-order valence-electron chi connectivity index (χ2n) is 3.63. The number of aliphatic hydroxyl groups is 2. The van der Waals surface area contributed by atoms with Crippen molar-refractivity contribution in [3.8, 4) is 0 Å². The molecule has 96 valence electrons. The first-order chi connectivity index (χ1) is 8.22. The summed E-state index contributed by atoms with van der Waals surface area (Å²) in [4.78, 5) is 1.96. The average Bonchev–Trinajstić information content (AvgIpc) is 2.34. The summed E-state index contributed by atoms with van der Waals surface area (Å²) < 4.78 is 5.03. The lowest BCUT2D eigenvalue weighted by Gasteiger charge is -2.25. The summed E-state index contributed by atoms with van der Waals surface area (Å²) >= 11 is 5.88. The van der Waals surface area contributed by atoms with Gasteiger partial charge in [0.15, 0.2) is 0 Å². The molecule has 0 aliphatic rings. The van der Waals surface area contributed by atoms with E-state index in [-0.39, 0.29) is 13.2 Å². The highest BCUT2D eigenvalue weighted by Crippen LogP contribution is 2.24. The summed E-state index contributed by atoms with van der Waals surface area (Å²) in [5, 5.41) is 18.9. The molecule has 0 saturated carbocycles. The maximum Gasteiger partial charge on any atom is 0.0702 e. The van der Waals surface area contributed by atoms with E-state index >= 15 is 0 Å². The quantitative estimate of drug-likeness (QED) is 0.775. The first-order valence-corrected chi connectivity index (χ1v) is 5.84. The van der Waals surface area contributed by atoms with Gasteiger partial charge < -0.3 is 19.8 Å². The van der Waals surface area contributed by atoms with E-state index in [4.69, 9.17) is 21.4 Å². The number of hydrogen-bond acceptors (Lipinski definition) is 4. The Hall–Kier alpha value is -0.810. The Morgan fingerprint density at radius 1 is 1.29 bits per heavy atom. The van der Waals surface area contributed by atoms with E-state index in [0.717, 1.165) is 11.3 Å². The zero-order valence-electron chi connectivity index (χ0n) is 9.90. The molecule has 4 nitrogen and oxygen atoms in total. The third-order valence-electron chi connectivity index (χ3n) is 2.49. The van der Waals surface area contributed by atoms with E-state index in [0.29, 0.717) is 24.7 Å². The van der Waals surface area contributed by atoms with Crippen molar-refractivity contribution in [2.45, 2.75) is 6.61 Å². The maximum atomic E-state index is 9.31. The first kappa shape index (κ1) is 14.3. The van der Waals surface area contributed by atoms with Gasteiger partial charge in [0.2, 0.25) is 0 Å². The Bertz CT molecular complexity index is 347. The van der Waals surface area contributed by atoms with Gasteiger partial charge >= 0.3 is 0 Å². The van der Waals surface area contributed by atoms with Gasteiger partial charge in [0.1, 0.15) is 0 Å². The van der Waals surface area contributed by atoms with E-state index in [1.54, 1.807) is 19.2 Å². The van der Waals surface area contributed by atoms with Crippen molar-refractivity contribution in [1.29, 1.82) is 0 Å². The van der Waals surface area contributed by atoms with Gasteiger partial charge in [0.25, 0.3) is 0 Å². The van der Waals surface area contributed by atoms with Crippen LogP contribution >= 0.6 is 11.6 Å². The van der Waals surface area contributed by atoms with E-state index in [9.17, 15) is 5.11 Å². The lowest BCUT2D eigenvalue weighted by atomic mass is 10.1. The van der Waals surface area contributed by atoms with Crippen LogP contribution in [-0.2, 0) is 11.3 Å². The third kappa shape index (κ3) is 4.16. The van der Waals surface area contributed by atoms with Crippen LogP contribution in [0.25, 0.3) is 0 Å². The van der Waals surface area contributed by atoms with Crippen molar-refractivity contribution in [1.82, 2.24) is 0 Å². The average molecular weight is 260 g/mol. The lowest BCUT2D eigenvalue weighted by molar-refractivity contribution is 0.202. The zero-order chi connectivity index (χ0) is 12.7. The Balaban J connectivity index is 2.91. The molecule has 0 aliphatic carbocycles. The number of halogens is 1. The van der Waals surface area contributed by atoms with E-state index in [2.05, 4.69) is 0 Å². The van der Waals surface area contributed by atoms with E-state index < -0.39 is 0 Å². The van der Waals surface area contributed by atoms with Gasteiger partial charge in [-0.1, -0.05) is 11.6 Å².